The van der Waals surface area contributed by atoms with Crippen molar-refractivity contribution in [3.8, 4) is 0 Å². The Morgan fingerprint density at radius 1 is 1.33 bits per heavy atom. The smallest absolute Gasteiger partial charge is 0.339 e. The van der Waals surface area contributed by atoms with Crippen LogP contribution in [0.1, 0.15) is 46.5 Å². The number of rotatable bonds is 1. The predicted octanol–water partition coefficient (Wildman–Crippen LogP) is 2.80. The van der Waals surface area contributed by atoms with Crippen LogP contribution in [0, 0.1) is 22.7 Å². The average Bonchev–Trinajstić information content (AvgIpc) is 2.82. The number of Topliss-reactive ketones (excluding diaryl/α,β-unsaturated/α-hetero) is 1. The van der Waals surface area contributed by atoms with E-state index >= 15 is 0 Å². The molecule has 3 aliphatic rings. The topological polar surface area (TPSA) is 54.4 Å². The minimum Gasteiger partial charge on any atom is -0.478 e. The fourth-order valence-corrected chi connectivity index (χ4v) is 5.33. The van der Waals surface area contributed by atoms with Crippen molar-refractivity contribution >= 4 is 11.8 Å². The van der Waals surface area contributed by atoms with Gasteiger partial charge in [-0.1, -0.05) is 13.8 Å². The molecule has 1 spiro atoms. The zero-order chi connectivity index (χ0) is 13.3. The molecular formula is C15H20O3. The normalized spacial score (nSPS) is 46.5. The first-order valence-corrected chi connectivity index (χ1v) is 6.85. The summed E-state index contributed by atoms with van der Waals surface area (Å²) < 4.78 is 0. The van der Waals surface area contributed by atoms with E-state index in [1.54, 1.807) is 0 Å². The fourth-order valence-electron chi connectivity index (χ4n) is 5.33. The second-order valence-corrected chi connectivity index (χ2v) is 6.60. The summed E-state index contributed by atoms with van der Waals surface area (Å²) in [5.41, 5.74) is 0.378. The number of carbonyl (C=O) groups excluding carboxylic acids is 1. The van der Waals surface area contributed by atoms with Crippen LogP contribution < -0.4 is 0 Å². The molecule has 1 N–H and O–H groups in total. The molecule has 18 heavy (non-hydrogen) atoms. The molecule has 2 fully saturated rings. The van der Waals surface area contributed by atoms with Crippen LogP contribution >= 0.6 is 0 Å². The maximum atomic E-state index is 12.6. The number of allylic oxidation sites excluding steroid dienone is 1. The molecule has 0 saturated heterocycles. The van der Waals surface area contributed by atoms with Crippen LogP contribution in [0.5, 0.6) is 0 Å². The Kier molecular flexibility index (Phi) is 2.16. The van der Waals surface area contributed by atoms with E-state index in [2.05, 4.69) is 6.92 Å². The number of ketones is 1. The zero-order valence-corrected chi connectivity index (χ0v) is 11.2. The van der Waals surface area contributed by atoms with Crippen LogP contribution in [-0.2, 0) is 9.59 Å². The second kappa shape index (κ2) is 3.25. The van der Waals surface area contributed by atoms with Crippen LogP contribution in [0.4, 0.5) is 0 Å². The van der Waals surface area contributed by atoms with Crippen molar-refractivity contribution in [3.05, 3.63) is 11.1 Å². The summed E-state index contributed by atoms with van der Waals surface area (Å²) in [6.07, 6.45) is 4.05. The van der Waals surface area contributed by atoms with Gasteiger partial charge in [0, 0.05) is 10.8 Å². The first kappa shape index (κ1) is 11.9. The maximum Gasteiger partial charge on any atom is 0.339 e. The molecule has 0 aromatic rings. The van der Waals surface area contributed by atoms with E-state index in [1.807, 2.05) is 13.8 Å². The van der Waals surface area contributed by atoms with Crippen LogP contribution in [0.25, 0.3) is 0 Å². The van der Waals surface area contributed by atoms with Crippen LogP contribution in [0.3, 0.4) is 0 Å². The third-order valence-corrected chi connectivity index (χ3v) is 6.24. The van der Waals surface area contributed by atoms with Crippen molar-refractivity contribution in [1.82, 2.24) is 0 Å². The van der Waals surface area contributed by atoms with Crippen molar-refractivity contribution in [2.24, 2.45) is 22.7 Å². The Bertz CT molecular complexity index is 490. The first-order valence-electron chi connectivity index (χ1n) is 6.85. The summed E-state index contributed by atoms with van der Waals surface area (Å²) in [7, 11) is 0. The van der Waals surface area contributed by atoms with Crippen LogP contribution in [-0.4, -0.2) is 16.9 Å². The van der Waals surface area contributed by atoms with Gasteiger partial charge in [-0.3, -0.25) is 4.79 Å². The predicted molar refractivity (Wildman–Crippen MR) is 67.0 cm³/mol. The molecule has 4 atom stereocenters. The lowest BCUT2D eigenvalue weighted by Crippen LogP contribution is -2.38. The molecule has 0 aromatic carbocycles. The van der Waals surface area contributed by atoms with Gasteiger partial charge in [-0.05, 0) is 50.0 Å². The fraction of sp³-hybridized carbons (Fsp3) is 0.733. The standard InChI is InChI=1S/C15H20O3/c1-8-4-7-15-9(2)11(13(17)18)12(16)14(15,3)6-5-10(8)15/h8,10H,4-7H2,1-3H3,(H,17,18)/t8-,10+,14+,15-/m1/s1. The number of carbonyl (C=O) groups is 2. The van der Waals surface area contributed by atoms with Gasteiger partial charge in [-0.2, -0.15) is 0 Å². The third-order valence-electron chi connectivity index (χ3n) is 6.24. The van der Waals surface area contributed by atoms with Crippen LogP contribution in [0.15, 0.2) is 11.1 Å². The van der Waals surface area contributed by atoms with Crippen molar-refractivity contribution < 1.29 is 14.7 Å². The largest absolute Gasteiger partial charge is 0.478 e. The Balaban J connectivity index is 2.24. The van der Waals surface area contributed by atoms with Gasteiger partial charge in [0.25, 0.3) is 0 Å². The summed E-state index contributed by atoms with van der Waals surface area (Å²) in [6, 6.07) is 0. The molecule has 3 nitrogen and oxygen atoms in total. The molecule has 0 aromatic heterocycles. The number of carboxylic acid groups (broad SMARTS) is 1. The van der Waals surface area contributed by atoms with Crippen LogP contribution in [0.2, 0.25) is 0 Å². The number of hydrogen-bond acceptors (Lipinski definition) is 2. The molecular weight excluding hydrogens is 228 g/mol. The molecule has 0 aliphatic heterocycles. The summed E-state index contributed by atoms with van der Waals surface area (Å²) in [5.74, 6) is -0.0177. The molecule has 98 valence electrons. The number of aliphatic carboxylic acids is 1. The van der Waals surface area contributed by atoms with Gasteiger partial charge in [-0.25, -0.2) is 4.79 Å². The zero-order valence-electron chi connectivity index (χ0n) is 11.2. The molecule has 0 unspecified atom stereocenters. The Labute approximate surface area is 107 Å². The van der Waals surface area contributed by atoms with E-state index in [9.17, 15) is 14.7 Å². The van der Waals surface area contributed by atoms with Gasteiger partial charge in [0.05, 0.1) is 0 Å². The molecule has 2 saturated carbocycles. The highest BCUT2D eigenvalue weighted by molar-refractivity contribution is 6.22. The highest BCUT2D eigenvalue weighted by Gasteiger charge is 2.69. The molecule has 0 heterocycles. The minimum absolute atomic E-state index is 0.0938. The summed E-state index contributed by atoms with van der Waals surface area (Å²) >= 11 is 0. The van der Waals surface area contributed by atoms with Crippen molar-refractivity contribution in [2.75, 3.05) is 0 Å². The number of carboxylic acids is 1. The summed E-state index contributed by atoms with van der Waals surface area (Å²) in [4.78, 5) is 23.9. The van der Waals surface area contributed by atoms with Gasteiger partial charge >= 0.3 is 5.97 Å². The lowest BCUT2D eigenvalue weighted by molar-refractivity contribution is -0.136. The second-order valence-electron chi connectivity index (χ2n) is 6.60. The lowest BCUT2D eigenvalue weighted by atomic mass is 9.63. The minimum atomic E-state index is -1.03. The number of hydrogen-bond donors (Lipinski definition) is 1. The molecule has 0 amide bonds. The van der Waals surface area contributed by atoms with E-state index in [-0.39, 0.29) is 16.8 Å². The van der Waals surface area contributed by atoms with Gasteiger partial charge in [0.1, 0.15) is 5.57 Å². The van der Waals surface area contributed by atoms with E-state index in [1.165, 1.54) is 0 Å². The quantitative estimate of drug-likeness (QED) is 0.726. The van der Waals surface area contributed by atoms with Gasteiger partial charge in [0.15, 0.2) is 5.78 Å². The van der Waals surface area contributed by atoms with Crippen molar-refractivity contribution in [2.45, 2.75) is 46.5 Å². The Morgan fingerprint density at radius 2 is 2.00 bits per heavy atom. The average molecular weight is 248 g/mol. The van der Waals surface area contributed by atoms with Crippen molar-refractivity contribution in [3.63, 3.8) is 0 Å². The molecule has 3 heteroatoms. The maximum absolute atomic E-state index is 12.6. The highest BCUT2D eigenvalue weighted by Crippen LogP contribution is 2.72. The molecule has 3 rings (SSSR count). The Hall–Kier alpha value is -1.12. The van der Waals surface area contributed by atoms with Crippen molar-refractivity contribution in [1.29, 1.82) is 0 Å². The SMILES string of the molecule is CC1=C(C(=O)O)C(=O)[C@]2(C)CC[C@H]3[C@H](C)CC[C@@]132. The first-order chi connectivity index (χ1) is 8.36. The van der Waals surface area contributed by atoms with Gasteiger partial charge < -0.3 is 5.11 Å². The van der Waals surface area contributed by atoms with E-state index in [4.69, 9.17) is 0 Å². The summed E-state index contributed by atoms with van der Waals surface area (Å²) in [6.45, 7) is 6.15. The third kappa shape index (κ3) is 0.987. The molecule has 3 aliphatic carbocycles. The Morgan fingerprint density at radius 3 is 2.61 bits per heavy atom. The lowest BCUT2D eigenvalue weighted by Gasteiger charge is -2.39. The van der Waals surface area contributed by atoms with Gasteiger partial charge in [0.2, 0.25) is 0 Å². The highest BCUT2D eigenvalue weighted by atomic mass is 16.4. The summed E-state index contributed by atoms with van der Waals surface area (Å²) in [5, 5.41) is 9.33. The molecule has 0 bridgehead atoms. The monoisotopic (exact) mass is 248 g/mol. The van der Waals surface area contributed by atoms with E-state index < -0.39 is 11.4 Å². The van der Waals surface area contributed by atoms with E-state index in [0.717, 1.165) is 31.3 Å². The van der Waals surface area contributed by atoms with E-state index in [0.29, 0.717) is 11.8 Å². The molecule has 0 radical (unpaired) electrons. The van der Waals surface area contributed by atoms with Gasteiger partial charge in [-0.15, -0.1) is 0 Å².